The van der Waals surface area contributed by atoms with Gasteiger partial charge in [-0.25, -0.2) is 30.3 Å². The summed E-state index contributed by atoms with van der Waals surface area (Å²) in [5, 5.41) is 0. The molecule has 0 atom stereocenters. The average Bonchev–Trinajstić information content (AvgIpc) is 2.68. The van der Waals surface area contributed by atoms with Crippen LogP contribution in [0.1, 0.15) is 0 Å². The monoisotopic (exact) mass is 480 g/mol. The molecule has 0 saturated carbocycles. The maximum absolute atomic E-state index is 13.9. The number of sulfonamides is 2. The lowest BCUT2D eigenvalue weighted by molar-refractivity contribution is -0.0000125. The van der Waals surface area contributed by atoms with Crippen LogP contribution in [-0.2, 0) is 20.0 Å². The van der Waals surface area contributed by atoms with E-state index < -0.39 is 36.6 Å². The Morgan fingerprint density at radius 2 is 1.30 bits per heavy atom. The second-order valence-corrected chi connectivity index (χ2v) is 10.1. The van der Waals surface area contributed by atoms with E-state index in [1.165, 1.54) is 40.7 Å². The molecule has 1 N–H and O–H groups in total. The Kier molecular flexibility index (Phi) is 8.31. The van der Waals surface area contributed by atoms with Crippen molar-refractivity contribution in [1.82, 2.24) is 13.9 Å². The highest BCUT2D eigenvalue weighted by Crippen LogP contribution is 2.20. The second-order valence-electron chi connectivity index (χ2n) is 6.50. The Bertz CT molecular complexity index is 1070. The van der Waals surface area contributed by atoms with Crippen LogP contribution in [0.5, 0.6) is 0 Å². The number of benzene rings is 2. The lowest BCUT2D eigenvalue weighted by atomic mass is 10.3. The van der Waals surface area contributed by atoms with Gasteiger partial charge in [-0.05, 0) is 24.3 Å². The lowest BCUT2D eigenvalue weighted by Crippen LogP contribution is -3.00. The number of piperazine rings is 1. The molecule has 1 saturated heterocycles. The Hall–Kier alpha value is -1.63. The summed E-state index contributed by atoms with van der Waals surface area (Å²) in [6, 6.07) is 10.3. The van der Waals surface area contributed by atoms with E-state index >= 15 is 0 Å². The highest BCUT2D eigenvalue weighted by atomic mass is 35.5. The zero-order valence-corrected chi connectivity index (χ0v) is 18.2. The van der Waals surface area contributed by atoms with Crippen LogP contribution in [0.25, 0.3) is 0 Å². The summed E-state index contributed by atoms with van der Waals surface area (Å²) in [6.45, 7) is 1.45. The molecule has 0 aliphatic carbocycles. The quantitative estimate of drug-likeness (QED) is 0.508. The number of rotatable bonds is 7. The first-order chi connectivity index (χ1) is 13.7. The van der Waals surface area contributed by atoms with Crippen LogP contribution in [0, 0.1) is 11.6 Å². The second kappa shape index (κ2) is 10.1. The first-order valence-corrected chi connectivity index (χ1v) is 11.9. The van der Waals surface area contributed by atoms with Crippen LogP contribution in [0.3, 0.4) is 0 Å². The summed E-state index contributed by atoms with van der Waals surface area (Å²) in [5.74, 6) is -1.62. The molecule has 0 bridgehead atoms. The van der Waals surface area contributed by atoms with Gasteiger partial charge in [0.25, 0.3) is 0 Å². The van der Waals surface area contributed by atoms with Crippen LogP contribution in [0.2, 0.25) is 0 Å². The minimum Gasteiger partial charge on any atom is -1.00 e. The van der Waals surface area contributed by atoms with E-state index in [9.17, 15) is 25.6 Å². The van der Waals surface area contributed by atoms with Gasteiger partial charge in [0, 0.05) is 39.3 Å². The molecule has 2 aromatic carbocycles. The van der Waals surface area contributed by atoms with Gasteiger partial charge >= 0.3 is 0 Å². The van der Waals surface area contributed by atoms with E-state index in [1.54, 1.807) is 0 Å². The van der Waals surface area contributed by atoms with Crippen molar-refractivity contribution >= 4 is 20.0 Å². The molecule has 0 spiro atoms. The molecule has 166 valence electrons. The first-order valence-electron chi connectivity index (χ1n) is 8.93. The summed E-state index contributed by atoms with van der Waals surface area (Å²) in [5.41, 5.74) is 0. The molecule has 30 heavy (non-hydrogen) atoms. The summed E-state index contributed by atoms with van der Waals surface area (Å²) >= 11 is 0. The Balaban J connectivity index is 0.00000320. The van der Waals surface area contributed by atoms with Gasteiger partial charge in [0.1, 0.15) is 21.4 Å². The van der Waals surface area contributed by atoms with Gasteiger partial charge in [0.15, 0.2) is 0 Å². The van der Waals surface area contributed by atoms with E-state index in [0.29, 0.717) is 19.6 Å². The van der Waals surface area contributed by atoms with Crippen molar-refractivity contribution in [3.05, 3.63) is 60.2 Å². The average molecular weight is 481 g/mol. The fraction of sp³-hybridized carbons (Fsp3) is 0.333. The van der Waals surface area contributed by atoms with E-state index in [1.807, 2.05) is 4.90 Å². The number of hydrogen-bond donors (Lipinski definition) is 1. The smallest absolute Gasteiger partial charge is 0.246 e. The standard InChI is InChI=1S/C18H21F2N3O4S2.ClH/c19-15-5-1-3-7-17(15)28(24,25)21-9-10-22-11-13-23(14-12-22)29(26,27)18-8-4-2-6-16(18)20;/h1-8,21H,9-14H2;1H/p-1. The predicted molar refractivity (Wildman–Crippen MR) is 103 cm³/mol. The fourth-order valence-corrected chi connectivity index (χ4v) is 5.65. The molecule has 7 nitrogen and oxygen atoms in total. The van der Waals surface area contributed by atoms with Gasteiger partial charge in [0.2, 0.25) is 20.0 Å². The minimum atomic E-state index is -3.97. The molecule has 12 heteroatoms. The van der Waals surface area contributed by atoms with Crippen molar-refractivity contribution in [3.8, 4) is 0 Å². The van der Waals surface area contributed by atoms with Crippen molar-refractivity contribution in [2.45, 2.75) is 9.79 Å². The van der Waals surface area contributed by atoms with Crippen LogP contribution in [0.4, 0.5) is 8.78 Å². The highest BCUT2D eigenvalue weighted by molar-refractivity contribution is 7.89. The van der Waals surface area contributed by atoms with Crippen molar-refractivity contribution in [2.24, 2.45) is 0 Å². The van der Waals surface area contributed by atoms with Gasteiger partial charge in [-0.1, -0.05) is 24.3 Å². The van der Waals surface area contributed by atoms with Gasteiger partial charge < -0.3 is 12.4 Å². The molecule has 0 amide bonds. The van der Waals surface area contributed by atoms with E-state index in [-0.39, 0.29) is 36.9 Å². The first kappa shape index (κ1) is 24.6. The van der Waals surface area contributed by atoms with Crippen LogP contribution >= 0.6 is 0 Å². The maximum atomic E-state index is 13.9. The summed E-state index contributed by atoms with van der Waals surface area (Å²) in [7, 11) is -7.89. The van der Waals surface area contributed by atoms with E-state index in [2.05, 4.69) is 4.72 Å². The van der Waals surface area contributed by atoms with Crippen LogP contribution in [-0.4, -0.2) is 65.3 Å². The SMILES string of the molecule is O=S(=O)(NCCN1CCN(S(=O)(=O)c2ccccc2F)CC1)c1ccccc1F.[Cl-]. The third kappa shape index (κ3) is 5.54. The molecule has 0 radical (unpaired) electrons. The lowest BCUT2D eigenvalue weighted by Gasteiger charge is -2.34. The van der Waals surface area contributed by atoms with Gasteiger partial charge in [-0.2, -0.15) is 4.31 Å². The largest absolute Gasteiger partial charge is 1.00 e. The van der Waals surface area contributed by atoms with Crippen molar-refractivity contribution in [1.29, 1.82) is 0 Å². The summed E-state index contributed by atoms with van der Waals surface area (Å²) in [6.07, 6.45) is 0. The number of nitrogens with one attached hydrogen (secondary N) is 1. The summed E-state index contributed by atoms with van der Waals surface area (Å²) < 4.78 is 80.6. The molecule has 3 rings (SSSR count). The third-order valence-electron chi connectivity index (χ3n) is 4.63. The maximum Gasteiger partial charge on any atom is 0.246 e. The molecule has 1 aliphatic rings. The van der Waals surface area contributed by atoms with Crippen molar-refractivity contribution in [2.75, 3.05) is 39.3 Å². The van der Waals surface area contributed by atoms with Crippen molar-refractivity contribution < 1.29 is 38.0 Å². The van der Waals surface area contributed by atoms with Gasteiger partial charge in [0.05, 0.1) is 0 Å². The Labute approximate surface area is 181 Å². The van der Waals surface area contributed by atoms with Gasteiger partial charge in [-0.15, -0.1) is 0 Å². The zero-order chi connectivity index (χ0) is 21.1. The molecule has 1 heterocycles. The highest BCUT2D eigenvalue weighted by Gasteiger charge is 2.30. The molecule has 1 fully saturated rings. The zero-order valence-electron chi connectivity index (χ0n) is 15.8. The molecule has 2 aromatic rings. The fourth-order valence-electron chi connectivity index (χ4n) is 3.07. The Morgan fingerprint density at radius 3 is 1.83 bits per heavy atom. The molecular weight excluding hydrogens is 460 g/mol. The summed E-state index contributed by atoms with van der Waals surface area (Å²) in [4.78, 5) is 1.11. The number of nitrogens with zero attached hydrogens (tertiary/aromatic N) is 2. The topological polar surface area (TPSA) is 86.8 Å². The molecular formula is C18H21ClF2N3O4S2-. The minimum absolute atomic E-state index is 0. The molecule has 0 unspecified atom stereocenters. The number of hydrogen-bond acceptors (Lipinski definition) is 5. The Morgan fingerprint density at radius 1 is 0.800 bits per heavy atom. The molecule has 1 aliphatic heterocycles. The number of halogens is 3. The normalized spacial score (nSPS) is 16.2. The van der Waals surface area contributed by atoms with Gasteiger partial charge in [-0.3, -0.25) is 4.90 Å². The molecule has 0 aromatic heterocycles. The van der Waals surface area contributed by atoms with E-state index in [0.717, 1.165) is 12.1 Å². The van der Waals surface area contributed by atoms with Crippen LogP contribution in [0.15, 0.2) is 58.3 Å². The van der Waals surface area contributed by atoms with E-state index in [4.69, 9.17) is 0 Å². The third-order valence-corrected chi connectivity index (χ3v) is 8.06. The van der Waals surface area contributed by atoms with Crippen LogP contribution < -0.4 is 17.1 Å². The van der Waals surface area contributed by atoms with Crippen molar-refractivity contribution in [3.63, 3.8) is 0 Å². The predicted octanol–water partition coefficient (Wildman–Crippen LogP) is -1.75.